The number of benzene rings is 1. The Morgan fingerprint density at radius 2 is 2.17 bits per heavy atom. The zero-order valence-corrected chi connectivity index (χ0v) is 13.1. The average Bonchev–Trinajstić information content (AvgIpc) is 2.27. The fourth-order valence-electron chi connectivity index (χ4n) is 1.22. The molecule has 0 radical (unpaired) electrons. The van der Waals surface area contributed by atoms with Crippen molar-refractivity contribution in [1.29, 1.82) is 0 Å². The van der Waals surface area contributed by atoms with Crippen molar-refractivity contribution >= 4 is 44.0 Å². The Labute approximate surface area is 123 Å². The van der Waals surface area contributed by atoms with Gasteiger partial charge in [0, 0.05) is 9.57 Å². The van der Waals surface area contributed by atoms with E-state index in [9.17, 15) is 0 Å². The van der Waals surface area contributed by atoms with E-state index < -0.39 is 0 Å². The van der Waals surface area contributed by atoms with Crippen LogP contribution in [0, 0.1) is 0 Å². The van der Waals surface area contributed by atoms with Gasteiger partial charge in [-0.15, -0.1) is 5.10 Å². The topological polar surface area (TPSA) is 87.6 Å². The molecule has 0 aliphatic carbocycles. The number of hydrogen-bond donors (Lipinski definition) is 3. The molecule has 0 fully saturated rings. The van der Waals surface area contributed by atoms with Crippen molar-refractivity contribution < 1.29 is 9.84 Å². The average molecular weight is 379 g/mol. The molecule has 0 bridgehead atoms. The van der Waals surface area contributed by atoms with E-state index in [2.05, 4.69) is 42.1 Å². The zero-order valence-electron chi connectivity index (χ0n) is 9.91. The lowest BCUT2D eigenvalue weighted by Gasteiger charge is -2.09. The number of hydrogen-bond acceptors (Lipinski definition) is 2. The largest absolute Gasteiger partial charge is 0.492 e. The SMILES string of the molecule is CCCOc1c(Br)cc(Br)cc1/C=[NH+]\N=C(N)N. The second-order valence-electron chi connectivity index (χ2n) is 3.46. The van der Waals surface area contributed by atoms with E-state index in [0.29, 0.717) is 6.61 Å². The Morgan fingerprint density at radius 1 is 1.44 bits per heavy atom. The van der Waals surface area contributed by atoms with Crippen molar-refractivity contribution in [1.82, 2.24) is 0 Å². The summed E-state index contributed by atoms with van der Waals surface area (Å²) in [6.45, 7) is 2.69. The molecule has 5 N–H and O–H groups in total. The minimum atomic E-state index is -0.0312. The number of nitrogens with two attached hydrogens (primary N) is 2. The van der Waals surface area contributed by atoms with Gasteiger partial charge in [-0.1, -0.05) is 22.9 Å². The van der Waals surface area contributed by atoms with Gasteiger partial charge in [0.15, 0.2) is 0 Å². The third-order valence-electron chi connectivity index (χ3n) is 1.90. The van der Waals surface area contributed by atoms with E-state index in [0.717, 1.165) is 26.7 Å². The summed E-state index contributed by atoms with van der Waals surface area (Å²) in [4.78, 5) is 0. The number of halogens is 2. The third-order valence-corrected chi connectivity index (χ3v) is 2.95. The Kier molecular flexibility index (Phi) is 6.14. The molecule has 18 heavy (non-hydrogen) atoms. The van der Waals surface area contributed by atoms with Crippen LogP contribution in [0.1, 0.15) is 18.9 Å². The number of nitrogens with zero attached hydrogens (tertiary/aromatic N) is 1. The Hall–Kier alpha value is -1.08. The van der Waals surface area contributed by atoms with Gasteiger partial charge in [-0.05, 0) is 34.5 Å². The maximum atomic E-state index is 5.68. The van der Waals surface area contributed by atoms with Crippen LogP contribution in [0.25, 0.3) is 0 Å². The number of rotatable bonds is 5. The molecule has 0 aliphatic rings. The van der Waals surface area contributed by atoms with Crippen LogP contribution in [0.2, 0.25) is 0 Å². The van der Waals surface area contributed by atoms with Crippen LogP contribution < -0.4 is 21.3 Å². The minimum Gasteiger partial charge on any atom is -0.492 e. The van der Waals surface area contributed by atoms with Crippen LogP contribution in [-0.4, -0.2) is 18.8 Å². The minimum absolute atomic E-state index is 0.0312. The maximum Gasteiger partial charge on any atom is 0.256 e. The molecule has 0 saturated heterocycles. The molecule has 0 saturated carbocycles. The highest BCUT2D eigenvalue weighted by Gasteiger charge is 2.10. The lowest BCUT2D eigenvalue weighted by atomic mass is 10.2. The molecule has 1 aromatic rings. The van der Waals surface area contributed by atoms with E-state index in [4.69, 9.17) is 16.2 Å². The summed E-state index contributed by atoms with van der Waals surface area (Å²) in [5.74, 6) is 0.717. The highest BCUT2D eigenvalue weighted by atomic mass is 79.9. The second kappa shape index (κ2) is 7.38. The summed E-state index contributed by atoms with van der Waals surface area (Å²) in [6.07, 6.45) is 2.60. The molecule has 7 heteroatoms. The molecule has 0 amide bonds. The smallest absolute Gasteiger partial charge is 0.256 e. The van der Waals surface area contributed by atoms with E-state index in [-0.39, 0.29) is 5.96 Å². The van der Waals surface area contributed by atoms with Gasteiger partial charge in [0.2, 0.25) is 6.21 Å². The van der Waals surface area contributed by atoms with E-state index in [1.165, 1.54) is 0 Å². The normalized spacial score (nSPS) is 10.6. The number of nitrogens with one attached hydrogen (secondary N) is 1. The predicted molar refractivity (Wildman–Crippen MR) is 79.6 cm³/mol. The van der Waals surface area contributed by atoms with E-state index >= 15 is 0 Å². The van der Waals surface area contributed by atoms with Crippen molar-refractivity contribution in [3.63, 3.8) is 0 Å². The Balaban J connectivity index is 3.06. The third kappa shape index (κ3) is 4.66. The van der Waals surface area contributed by atoms with E-state index in [1.54, 1.807) is 6.21 Å². The summed E-state index contributed by atoms with van der Waals surface area (Å²) in [5, 5.41) is 6.34. The molecular weight excluding hydrogens is 364 g/mol. The summed E-state index contributed by atoms with van der Waals surface area (Å²) >= 11 is 6.88. The molecule has 0 spiro atoms. The van der Waals surface area contributed by atoms with Crippen LogP contribution in [-0.2, 0) is 0 Å². The molecular formula is C11H15Br2N4O+. The van der Waals surface area contributed by atoms with Gasteiger partial charge in [0.05, 0.1) is 16.6 Å². The molecule has 0 atom stereocenters. The Bertz CT molecular complexity index is 470. The molecule has 0 aliphatic heterocycles. The standard InChI is InChI=1S/C11H14Br2N4O/c1-2-3-18-10-7(6-16-17-11(14)15)4-8(12)5-9(10)13/h4-6H,2-3H2,1H3,(H4,14,15,17)/p+1/b16-6-. The zero-order chi connectivity index (χ0) is 13.5. The summed E-state index contributed by atoms with van der Waals surface area (Å²) in [6, 6.07) is 3.83. The van der Waals surface area contributed by atoms with Gasteiger partial charge in [-0.3, -0.25) is 0 Å². The molecule has 0 unspecified atom stereocenters. The van der Waals surface area contributed by atoms with Gasteiger partial charge in [-0.2, -0.15) is 0 Å². The first-order valence-corrected chi connectivity index (χ1v) is 6.92. The van der Waals surface area contributed by atoms with Crippen LogP contribution in [0.3, 0.4) is 0 Å². The van der Waals surface area contributed by atoms with Crippen molar-refractivity contribution in [3.05, 3.63) is 26.6 Å². The highest BCUT2D eigenvalue weighted by molar-refractivity contribution is 9.11. The monoisotopic (exact) mass is 377 g/mol. The number of ether oxygens (including phenoxy) is 1. The molecule has 5 nitrogen and oxygen atoms in total. The van der Waals surface area contributed by atoms with Crippen LogP contribution in [0.4, 0.5) is 0 Å². The molecule has 1 rings (SSSR count). The molecule has 0 heterocycles. The summed E-state index contributed by atoms with van der Waals surface area (Å²) < 4.78 is 7.47. The van der Waals surface area contributed by atoms with Crippen molar-refractivity contribution in [3.8, 4) is 5.75 Å². The summed E-state index contributed by atoms with van der Waals surface area (Å²) in [5.41, 5.74) is 11.3. The van der Waals surface area contributed by atoms with Crippen molar-refractivity contribution in [2.24, 2.45) is 16.6 Å². The van der Waals surface area contributed by atoms with Crippen molar-refractivity contribution in [2.75, 3.05) is 6.61 Å². The van der Waals surface area contributed by atoms with Gasteiger partial charge >= 0.3 is 0 Å². The Morgan fingerprint density at radius 3 is 2.78 bits per heavy atom. The number of hydrazone groups is 1. The lowest BCUT2D eigenvalue weighted by Crippen LogP contribution is -2.63. The fraction of sp³-hybridized carbons (Fsp3) is 0.273. The molecule has 1 aromatic carbocycles. The van der Waals surface area contributed by atoms with Gasteiger partial charge in [-0.25, -0.2) is 0 Å². The van der Waals surface area contributed by atoms with Gasteiger partial charge in [0.1, 0.15) is 5.75 Å². The second-order valence-corrected chi connectivity index (χ2v) is 5.23. The quantitative estimate of drug-likeness (QED) is 0.400. The first-order chi connectivity index (χ1) is 8.54. The predicted octanol–water partition coefficient (Wildman–Crippen LogP) is 0.688. The highest BCUT2D eigenvalue weighted by Crippen LogP contribution is 2.31. The first-order valence-electron chi connectivity index (χ1n) is 5.33. The maximum absolute atomic E-state index is 5.68. The lowest BCUT2D eigenvalue weighted by molar-refractivity contribution is -0.456. The van der Waals surface area contributed by atoms with Crippen LogP contribution in [0.15, 0.2) is 26.2 Å². The van der Waals surface area contributed by atoms with Gasteiger partial charge in [0.25, 0.3) is 5.96 Å². The summed E-state index contributed by atoms with van der Waals surface area (Å²) in [7, 11) is 0. The molecule has 98 valence electrons. The van der Waals surface area contributed by atoms with Crippen LogP contribution >= 0.6 is 31.9 Å². The first kappa shape index (κ1) is 15.0. The molecule has 0 aromatic heterocycles. The van der Waals surface area contributed by atoms with Crippen LogP contribution in [0.5, 0.6) is 5.75 Å². The van der Waals surface area contributed by atoms with E-state index in [1.807, 2.05) is 19.1 Å². The fourth-order valence-corrected chi connectivity index (χ4v) is 2.59. The van der Waals surface area contributed by atoms with Crippen molar-refractivity contribution in [2.45, 2.75) is 13.3 Å². The van der Waals surface area contributed by atoms with Gasteiger partial charge < -0.3 is 16.2 Å². The number of guanidine groups is 1.